The fraction of sp³-hybridized carbons (Fsp3) is 0.684. The molecule has 1 heterocycles. The number of hydrogen-bond donors (Lipinski definition) is 1. The third-order valence-electron chi connectivity index (χ3n) is 5.23. The summed E-state index contributed by atoms with van der Waals surface area (Å²) in [5.74, 6) is 1.91. The SMILES string of the molecule is CCC1CCCCC1NC1CC(C)(C)Oc2ccccc21. The molecule has 0 spiro atoms. The van der Waals surface area contributed by atoms with Crippen molar-refractivity contribution >= 4 is 0 Å². The lowest BCUT2D eigenvalue weighted by atomic mass is 9.81. The molecule has 0 radical (unpaired) electrons. The lowest BCUT2D eigenvalue weighted by Gasteiger charge is -2.41. The summed E-state index contributed by atoms with van der Waals surface area (Å²) in [6.45, 7) is 6.75. The van der Waals surface area contributed by atoms with E-state index in [0.717, 1.165) is 18.1 Å². The molecule has 1 aromatic rings. The predicted octanol–water partition coefficient (Wildman–Crippen LogP) is 4.85. The van der Waals surface area contributed by atoms with Crippen LogP contribution in [0.1, 0.15) is 70.9 Å². The largest absolute Gasteiger partial charge is 0.487 e. The van der Waals surface area contributed by atoms with Crippen molar-refractivity contribution in [2.45, 2.75) is 77.0 Å². The third-order valence-corrected chi connectivity index (χ3v) is 5.23. The van der Waals surface area contributed by atoms with Crippen molar-refractivity contribution in [2.75, 3.05) is 0 Å². The van der Waals surface area contributed by atoms with Crippen molar-refractivity contribution in [1.82, 2.24) is 5.32 Å². The highest BCUT2D eigenvalue weighted by Crippen LogP contribution is 2.40. The normalized spacial score (nSPS) is 31.3. The van der Waals surface area contributed by atoms with Crippen molar-refractivity contribution in [3.8, 4) is 5.75 Å². The summed E-state index contributed by atoms with van der Waals surface area (Å²) in [5, 5.41) is 3.99. The fourth-order valence-corrected chi connectivity index (χ4v) is 4.13. The predicted molar refractivity (Wildman–Crippen MR) is 87.7 cm³/mol. The first-order valence-corrected chi connectivity index (χ1v) is 8.63. The van der Waals surface area contributed by atoms with Crippen LogP contribution in [-0.4, -0.2) is 11.6 Å². The summed E-state index contributed by atoms with van der Waals surface area (Å²) in [5.41, 5.74) is 1.26. The Bertz CT molecular complexity index is 482. The van der Waals surface area contributed by atoms with Crippen LogP contribution in [0.5, 0.6) is 5.75 Å². The van der Waals surface area contributed by atoms with Crippen molar-refractivity contribution < 1.29 is 4.74 Å². The molecule has 2 aliphatic rings. The maximum Gasteiger partial charge on any atom is 0.124 e. The fourth-order valence-electron chi connectivity index (χ4n) is 4.13. The summed E-state index contributed by atoms with van der Waals surface area (Å²) in [6.07, 6.45) is 7.86. The lowest BCUT2D eigenvalue weighted by Crippen LogP contribution is -2.45. The summed E-state index contributed by atoms with van der Waals surface area (Å²) in [7, 11) is 0. The van der Waals surface area contributed by atoms with Gasteiger partial charge in [0.2, 0.25) is 0 Å². The van der Waals surface area contributed by atoms with Gasteiger partial charge >= 0.3 is 0 Å². The minimum atomic E-state index is -0.0810. The Labute approximate surface area is 129 Å². The van der Waals surface area contributed by atoms with Gasteiger partial charge in [0.15, 0.2) is 0 Å². The van der Waals surface area contributed by atoms with Crippen LogP contribution < -0.4 is 10.1 Å². The number of fused-ring (bicyclic) bond motifs is 1. The molecule has 1 N–H and O–H groups in total. The molecule has 3 unspecified atom stereocenters. The molecule has 2 heteroatoms. The molecule has 0 bridgehead atoms. The van der Waals surface area contributed by atoms with Crippen LogP contribution in [0, 0.1) is 5.92 Å². The summed E-state index contributed by atoms with van der Waals surface area (Å²) >= 11 is 0. The molecule has 0 amide bonds. The number of rotatable bonds is 3. The van der Waals surface area contributed by atoms with Crippen LogP contribution in [0.15, 0.2) is 24.3 Å². The maximum atomic E-state index is 6.15. The second-order valence-corrected chi connectivity index (χ2v) is 7.38. The zero-order valence-electron chi connectivity index (χ0n) is 13.7. The van der Waals surface area contributed by atoms with E-state index in [1.54, 1.807) is 0 Å². The van der Waals surface area contributed by atoms with Gasteiger partial charge in [-0.05, 0) is 38.7 Å². The first kappa shape index (κ1) is 14.9. The van der Waals surface area contributed by atoms with Crippen molar-refractivity contribution in [1.29, 1.82) is 0 Å². The number of ether oxygens (including phenoxy) is 1. The van der Waals surface area contributed by atoms with E-state index in [2.05, 4.69) is 50.4 Å². The molecular weight excluding hydrogens is 258 g/mol. The Morgan fingerprint density at radius 3 is 2.76 bits per heavy atom. The van der Waals surface area contributed by atoms with Gasteiger partial charge in [0.25, 0.3) is 0 Å². The molecule has 0 aromatic heterocycles. The van der Waals surface area contributed by atoms with E-state index in [0.29, 0.717) is 12.1 Å². The summed E-state index contributed by atoms with van der Waals surface area (Å²) < 4.78 is 6.15. The highest BCUT2D eigenvalue weighted by atomic mass is 16.5. The van der Waals surface area contributed by atoms with E-state index in [-0.39, 0.29) is 5.60 Å². The van der Waals surface area contributed by atoms with Crippen molar-refractivity contribution in [2.24, 2.45) is 5.92 Å². The van der Waals surface area contributed by atoms with Crippen LogP contribution in [0.4, 0.5) is 0 Å². The van der Waals surface area contributed by atoms with Crippen LogP contribution in [0.2, 0.25) is 0 Å². The minimum absolute atomic E-state index is 0.0810. The van der Waals surface area contributed by atoms with E-state index in [1.165, 1.54) is 37.7 Å². The molecule has 3 rings (SSSR count). The van der Waals surface area contributed by atoms with Gasteiger partial charge in [-0.3, -0.25) is 0 Å². The smallest absolute Gasteiger partial charge is 0.124 e. The first-order chi connectivity index (χ1) is 10.1. The molecule has 2 nitrogen and oxygen atoms in total. The van der Waals surface area contributed by atoms with Crippen LogP contribution in [0.25, 0.3) is 0 Å². The maximum absolute atomic E-state index is 6.15. The van der Waals surface area contributed by atoms with Crippen LogP contribution >= 0.6 is 0 Å². The number of para-hydroxylation sites is 1. The van der Waals surface area contributed by atoms with E-state index in [4.69, 9.17) is 4.74 Å². The van der Waals surface area contributed by atoms with Gasteiger partial charge in [-0.1, -0.05) is 44.4 Å². The number of nitrogens with one attached hydrogen (secondary N) is 1. The quantitative estimate of drug-likeness (QED) is 0.858. The minimum Gasteiger partial charge on any atom is -0.487 e. The van der Waals surface area contributed by atoms with Crippen LogP contribution in [-0.2, 0) is 0 Å². The molecule has 0 saturated heterocycles. The highest BCUT2D eigenvalue weighted by molar-refractivity contribution is 5.38. The van der Waals surface area contributed by atoms with E-state index < -0.39 is 0 Å². The van der Waals surface area contributed by atoms with Gasteiger partial charge in [-0.2, -0.15) is 0 Å². The molecule has 1 aliphatic carbocycles. The Morgan fingerprint density at radius 2 is 1.95 bits per heavy atom. The topological polar surface area (TPSA) is 21.3 Å². The van der Waals surface area contributed by atoms with Gasteiger partial charge in [0, 0.05) is 24.1 Å². The number of hydrogen-bond acceptors (Lipinski definition) is 2. The molecule has 21 heavy (non-hydrogen) atoms. The zero-order valence-corrected chi connectivity index (χ0v) is 13.7. The second kappa shape index (κ2) is 6.00. The van der Waals surface area contributed by atoms with Crippen LogP contribution in [0.3, 0.4) is 0 Å². The Balaban J connectivity index is 1.81. The summed E-state index contributed by atoms with van der Waals surface area (Å²) in [6, 6.07) is 9.66. The zero-order chi connectivity index (χ0) is 14.9. The van der Waals surface area contributed by atoms with E-state index in [9.17, 15) is 0 Å². The van der Waals surface area contributed by atoms with E-state index in [1.807, 2.05) is 0 Å². The summed E-state index contributed by atoms with van der Waals surface area (Å²) in [4.78, 5) is 0. The van der Waals surface area contributed by atoms with Gasteiger partial charge in [-0.25, -0.2) is 0 Å². The van der Waals surface area contributed by atoms with Crippen molar-refractivity contribution in [3.63, 3.8) is 0 Å². The average molecular weight is 287 g/mol. The van der Waals surface area contributed by atoms with Crippen molar-refractivity contribution in [3.05, 3.63) is 29.8 Å². The van der Waals surface area contributed by atoms with Gasteiger partial charge < -0.3 is 10.1 Å². The standard InChI is InChI=1S/C19H29NO/c1-4-14-9-5-7-11-16(14)20-17-13-19(2,3)21-18-12-8-6-10-15(17)18/h6,8,10,12,14,16-17,20H,4-5,7,9,11,13H2,1-3H3. The van der Waals surface area contributed by atoms with Gasteiger partial charge in [0.05, 0.1) is 0 Å². The Morgan fingerprint density at radius 1 is 1.19 bits per heavy atom. The molecular formula is C19H29NO. The lowest BCUT2D eigenvalue weighted by molar-refractivity contribution is 0.0593. The monoisotopic (exact) mass is 287 g/mol. The van der Waals surface area contributed by atoms with Gasteiger partial charge in [0.1, 0.15) is 11.4 Å². The molecule has 1 aliphatic heterocycles. The Hall–Kier alpha value is -1.02. The highest BCUT2D eigenvalue weighted by Gasteiger charge is 2.35. The van der Waals surface area contributed by atoms with Gasteiger partial charge in [-0.15, -0.1) is 0 Å². The third kappa shape index (κ3) is 3.26. The number of benzene rings is 1. The second-order valence-electron chi connectivity index (χ2n) is 7.38. The molecule has 1 saturated carbocycles. The molecule has 1 fully saturated rings. The molecule has 116 valence electrons. The van der Waals surface area contributed by atoms with E-state index >= 15 is 0 Å². The average Bonchev–Trinajstić information content (AvgIpc) is 2.46. The molecule has 1 aromatic carbocycles. The first-order valence-electron chi connectivity index (χ1n) is 8.63. The molecule has 3 atom stereocenters. The Kier molecular flexibility index (Phi) is 4.26.